The summed E-state index contributed by atoms with van der Waals surface area (Å²) in [5.41, 5.74) is 6.57. The van der Waals surface area contributed by atoms with Crippen LogP contribution >= 0.6 is 0 Å². The fourth-order valence-electron chi connectivity index (χ4n) is 2.83. The monoisotopic (exact) mass is 486 g/mol. The molecular formula is C27H42N4O4. The molecule has 2 aromatic rings. The van der Waals surface area contributed by atoms with Gasteiger partial charge in [-0.25, -0.2) is 0 Å². The highest BCUT2D eigenvalue weighted by atomic mass is 16.5. The molecule has 3 amide bonds. The summed E-state index contributed by atoms with van der Waals surface area (Å²) in [6.45, 7) is 7.10. The summed E-state index contributed by atoms with van der Waals surface area (Å²) in [4.78, 5) is 33.4. The Balaban J connectivity index is 0.000000590. The normalized spacial score (nSPS) is 11.4. The van der Waals surface area contributed by atoms with E-state index in [1.54, 1.807) is 43.3 Å². The van der Waals surface area contributed by atoms with Gasteiger partial charge in [0.15, 0.2) is 0 Å². The molecule has 8 heteroatoms. The summed E-state index contributed by atoms with van der Waals surface area (Å²) in [6.07, 6.45) is 5.40. The molecule has 1 aliphatic heterocycles. The fraction of sp³-hybridized carbons (Fsp3) is 0.444. The topological polar surface area (TPSA) is 114 Å². The van der Waals surface area contributed by atoms with Crippen molar-refractivity contribution in [2.24, 2.45) is 5.73 Å². The Morgan fingerprint density at radius 2 is 1.60 bits per heavy atom. The number of primary amides is 1. The number of benzene rings is 2. The van der Waals surface area contributed by atoms with Crippen LogP contribution in [0.1, 0.15) is 49.0 Å². The Hall–Kier alpha value is -3.39. The van der Waals surface area contributed by atoms with E-state index in [4.69, 9.17) is 10.5 Å². The zero-order valence-corrected chi connectivity index (χ0v) is 21.6. The van der Waals surface area contributed by atoms with Gasteiger partial charge in [-0.2, -0.15) is 0 Å². The number of methoxy groups -OCH3 is 1. The van der Waals surface area contributed by atoms with Crippen LogP contribution in [-0.2, 0) is 16.0 Å². The molecule has 1 heterocycles. The van der Waals surface area contributed by atoms with Crippen LogP contribution in [0.25, 0.3) is 0 Å². The molecule has 8 nitrogen and oxygen atoms in total. The predicted octanol–water partition coefficient (Wildman–Crippen LogP) is 3.01. The number of carbonyl (C=O) groups excluding carboxylic acids is 3. The van der Waals surface area contributed by atoms with Crippen molar-refractivity contribution in [1.29, 1.82) is 0 Å². The van der Waals surface area contributed by atoms with E-state index in [1.807, 2.05) is 18.2 Å². The number of nitrogens with zero attached hydrogens (tertiary/aromatic N) is 1. The third-order valence-electron chi connectivity index (χ3n) is 4.53. The lowest BCUT2D eigenvalue weighted by molar-refractivity contribution is -0.117. The van der Waals surface area contributed by atoms with Crippen molar-refractivity contribution in [3.05, 3.63) is 65.7 Å². The van der Waals surface area contributed by atoms with Gasteiger partial charge in [0.05, 0.1) is 13.7 Å². The molecule has 2 aromatic carbocycles. The largest absolute Gasteiger partial charge is 0.497 e. The van der Waals surface area contributed by atoms with Gasteiger partial charge in [0.2, 0.25) is 12.3 Å². The Labute approximate surface area is 210 Å². The molecule has 0 atom stereocenters. The molecule has 0 aliphatic carbocycles. The first kappa shape index (κ1) is 31.6. The molecule has 4 N–H and O–H groups in total. The number of amides is 3. The summed E-state index contributed by atoms with van der Waals surface area (Å²) in [5, 5.41) is 5.50. The Morgan fingerprint density at radius 3 is 2.00 bits per heavy atom. The molecule has 0 bridgehead atoms. The summed E-state index contributed by atoms with van der Waals surface area (Å²) in [7, 11) is 3.28. The zero-order chi connectivity index (χ0) is 26.3. The number of ether oxygens (including phenoxy) is 1. The number of hydrogen-bond donors (Lipinski definition) is 3. The van der Waals surface area contributed by atoms with Crippen molar-refractivity contribution in [2.45, 2.75) is 39.5 Å². The third kappa shape index (κ3) is 16.8. The standard InChI is InChI=1S/C16H17NO2.C5H9NO.C3H8N2O.C3H8/c1-19-15-9-7-14(8-10-15)16(18)17-12-11-13-5-3-2-4-6-13;7-5-6-3-1-2-4-6;1-5-2-3(4)6;1-3-2/h2-10H,11-12H2,1H3,(H,17,18);5H,1-4H2;5H,2H2,1H3,(H2,4,6);3H2,1-2H3. The first-order chi connectivity index (χ1) is 16.9. The van der Waals surface area contributed by atoms with Crippen LogP contribution in [0.15, 0.2) is 54.6 Å². The molecular weight excluding hydrogens is 444 g/mol. The molecule has 1 fully saturated rings. The minimum atomic E-state index is -0.322. The molecule has 0 unspecified atom stereocenters. The molecule has 194 valence electrons. The lowest BCUT2D eigenvalue weighted by Gasteiger charge is -2.06. The fourth-order valence-corrected chi connectivity index (χ4v) is 2.83. The minimum absolute atomic E-state index is 0.0569. The van der Waals surface area contributed by atoms with Crippen molar-refractivity contribution < 1.29 is 19.1 Å². The van der Waals surface area contributed by atoms with Crippen LogP contribution < -0.4 is 21.1 Å². The number of nitrogens with one attached hydrogen (secondary N) is 2. The lowest BCUT2D eigenvalue weighted by Crippen LogP contribution is -2.25. The lowest BCUT2D eigenvalue weighted by atomic mass is 10.1. The second-order valence-corrected chi connectivity index (χ2v) is 7.77. The van der Waals surface area contributed by atoms with Crippen molar-refractivity contribution >= 4 is 18.2 Å². The number of likely N-dealkylation sites (N-methyl/N-ethyl adjacent to an activating group) is 1. The molecule has 3 rings (SSSR count). The predicted molar refractivity (Wildman–Crippen MR) is 141 cm³/mol. The minimum Gasteiger partial charge on any atom is -0.497 e. The average Bonchev–Trinajstić information content (AvgIpc) is 3.40. The van der Waals surface area contributed by atoms with Crippen LogP contribution in [0.3, 0.4) is 0 Å². The van der Waals surface area contributed by atoms with E-state index in [9.17, 15) is 14.4 Å². The highest BCUT2D eigenvalue weighted by Crippen LogP contribution is 2.11. The van der Waals surface area contributed by atoms with Crippen molar-refractivity contribution in [3.63, 3.8) is 0 Å². The highest BCUT2D eigenvalue weighted by Gasteiger charge is 2.06. The molecule has 0 saturated carbocycles. The summed E-state index contributed by atoms with van der Waals surface area (Å²) >= 11 is 0. The Kier molecular flexibility index (Phi) is 19.1. The molecule has 35 heavy (non-hydrogen) atoms. The van der Waals surface area contributed by atoms with E-state index < -0.39 is 0 Å². The maximum absolute atomic E-state index is 11.9. The maximum Gasteiger partial charge on any atom is 0.251 e. The first-order valence-corrected chi connectivity index (χ1v) is 12.0. The van der Waals surface area contributed by atoms with Gasteiger partial charge in [-0.05, 0) is 56.1 Å². The zero-order valence-electron chi connectivity index (χ0n) is 21.6. The number of nitrogens with two attached hydrogens (primary N) is 1. The number of rotatable bonds is 8. The van der Waals surface area contributed by atoms with E-state index in [1.165, 1.54) is 24.8 Å². The molecule has 0 aromatic heterocycles. The van der Waals surface area contributed by atoms with Gasteiger partial charge in [-0.15, -0.1) is 0 Å². The molecule has 1 aliphatic rings. The van der Waals surface area contributed by atoms with Crippen LogP contribution in [-0.4, -0.2) is 63.5 Å². The van der Waals surface area contributed by atoms with E-state index in [0.29, 0.717) is 12.1 Å². The van der Waals surface area contributed by atoms with Crippen LogP contribution in [0.5, 0.6) is 5.75 Å². The van der Waals surface area contributed by atoms with E-state index in [0.717, 1.165) is 31.7 Å². The van der Waals surface area contributed by atoms with Crippen molar-refractivity contribution in [1.82, 2.24) is 15.5 Å². The molecule has 0 radical (unpaired) electrons. The van der Waals surface area contributed by atoms with E-state index in [-0.39, 0.29) is 18.4 Å². The second kappa shape index (κ2) is 21.2. The Morgan fingerprint density at radius 1 is 1.03 bits per heavy atom. The van der Waals surface area contributed by atoms with E-state index >= 15 is 0 Å². The highest BCUT2D eigenvalue weighted by molar-refractivity contribution is 5.94. The molecule has 0 spiro atoms. The van der Waals surface area contributed by atoms with Crippen LogP contribution in [0.2, 0.25) is 0 Å². The smallest absolute Gasteiger partial charge is 0.251 e. The summed E-state index contributed by atoms with van der Waals surface area (Å²) in [5.74, 6) is 0.372. The third-order valence-corrected chi connectivity index (χ3v) is 4.53. The van der Waals surface area contributed by atoms with Gasteiger partial charge in [0.25, 0.3) is 5.91 Å². The van der Waals surface area contributed by atoms with Gasteiger partial charge in [0.1, 0.15) is 5.75 Å². The summed E-state index contributed by atoms with van der Waals surface area (Å²) < 4.78 is 5.06. The maximum atomic E-state index is 11.9. The van der Waals surface area contributed by atoms with E-state index in [2.05, 4.69) is 36.6 Å². The van der Waals surface area contributed by atoms with Gasteiger partial charge in [-0.3, -0.25) is 14.4 Å². The average molecular weight is 487 g/mol. The SMILES string of the molecule is CCC.CNCC(N)=O.COc1ccc(C(=O)NCCc2ccccc2)cc1.O=CN1CCCC1. The second-order valence-electron chi connectivity index (χ2n) is 7.77. The number of carbonyl (C=O) groups is 3. The number of hydrogen-bond acceptors (Lipinski definition) is 5. The van der Waals surface area contributed by atoms with Gasteiger partial charge >= 0.3 is 0 Å². The van der Waals surface area contributed by atoms with Gasteiger partial charge in [0, 0.05) is 25.2 Å². The quantitative estimate of drug-likeness (QED) is 0.497. The first-order valence-electron chi connectivity index (χ1n) is 12.0. The summed E-state index contributed by atoms with van der Waals surface area (Å²) in [6, 6.07) is 17.2. The van der Waals surface area contributed by atoms with Crippen molar-refractivity contribution in [3.8, 4) is 5.75 Å². The van der Waals surface area contributed by atoms with Crippen molar-refractivity contribution in [2.75, 3.05) is 40.3 Å². The van der Waals surface area contributed by atoms with Crippen LogP contribution in [0, 0.1) is 0 Å². The number of likely N-dealkylation sites (tertiary alicyclic amines) is 1. The van der Waals surface area contributed by atoms with Gasteiger partial charge in [-0.1, -0.05) is 50.6 Å². The van der Waals surface area contributed by atoms with Gasteiger partial charge < -0.3 is 26.0 Å². The molecule has 1 saturated heterocycles. The Bertz CT molecular complexity index is 808. The van der Waals surface area contributed by atoms with Crippen LogP contribution in [0.4, 0.5) is 0 Å².